The highest BCUT2D eigenvalue weighted by atomic mass is 19.1. The molecule has 3 aromatic rings. The first-order valence-electron chi connectivity index (χ1n) is 9.00. The van der Waals surface area contributed by atoms with Crippen LogP contribution in [0, 0.1) is 19.7 Å². The van der Waals surface area contributed by atoms with E-state index in [1.54, 1.807) is 17.0 Å². The maximum absolute atomic E-state index is 13.8. The van der Waals surface area contributed by atoms with Gasteiger partial charge >= 0.3 is 0 Å². The van der Waals surface area contributed by atoms with Crippen LogP contribution in [0.4, 0.5) is 4.39 Å². The van der Waals surface area contributed by atoms with Crippen molar-refractivity contribution in [1.82, 2.24) is 19.2 Å². The Kier molecular flexibility index (Phi) is 5.12. The van der Waals surface area contributed by atoms with E-state index < -0.39 is 5.82 Å². The van der Waals surface area contributed by atoms with Crippen LogP contribution in [-0.2, 0) is 11.3 Å². The van der Waals surface area contributed by atoms with Crippen LogP contribution >= 0.6 is 0 Å². The Morgan fingerprint density at radius 3 is 2.52 bits per heavy atom. The lowest BCUT2D eigenvalue weighted by atomic mass is 10.1. The second-order valence-electron chi connectivity index (χ2n) is 6.49. The number of aromatic nitrogens is 3. The summed E-state index contributed by atoms with van der Waals surface area (Å²) in [6.45, 7) is 8.53. The van der Waals surface area contributed by atoms with E-state index in [0.29, 0.717) is 24.4 Å². The van der Waals surface area contributed by atoms with Crippen LogP contribution in [-0.4, -0.2) is 38.2 Å². The van der Waals surface area contributed by atoms with Crippen molar-refractivity contribution in [3.63, 3.8) is 0 Å². The van der Waals surface area contributed by atoms with Gasteiger partial charge in [0.2, 0.25) is 5.91 Å². The third kappa shape index (κ3) is 3.37. The van der Waals surface area contributed by atoms with Gasteiger partial charge in [-0.05, 0) is 51.5 Å². The molecule has 0 saturated heterocycles. The summed E-state index contributed by atoms with van der Waals surface area (Å²) in [6, 6.07) is 7.53. The Labute approximate surface area is 156 Å². The number of halogens is 1. The van der Waals surface area contributed by atoms with E-state index in [9.17, 15) is 14.0 Å². The summed E-state index contributed by atoms with van der Waals surface area (Å²) >= 11 is 0. The summed E-state index contributed by atoms with van der Waals surface area (Å²) in [4.78, 5) is 27.0. The highest BCUT2D eigenvalue weighted by molar-refractivity contribution is 5.85. The van der Waals surface area contributed by atoms with Gasteiger partial charge in [-0.25, -0.2) is 9.07 Å². The van der Waals surface area contributed by atoms with Crippen molar-refractivity contribution in [2.24, 2.45) is 0 Å². The Morgan fingerprint density at radius 1 is 1.19 bits per heavy atom. The minimum atomic E-state index is -0.394. The molecule has 3 rings (SSSR count). The molecule has 0 aliphatic rings. The van der Waals surface area contributed by atoms with E-state index in [2.05, 4.69) is 5.10 Å². The SMILES string of the molecule is CCN(CC)C(=O)Cn1c(=O)cc(C)c2c(C)nn(-c3cccc(F)c3)c21. The number of carbonyl (C=O) groups is 1. The first-order chi connectivity index (χ1) is 12.9. The van der Waals surface area contributed by atoms with E-state index in [1.807, 2.05) is 27.7 Å². The van der Waals surface area contributed by atoms with Crippen molar-refractivity contribution < 1.29 is 9.18 Å². The van der Waals surface area contributed by atoms with Gasteiger partial charge < -0.3 is 4.90 Å². The predicted molar refractivity (Wildman–Crippen MR) is 103 cm³/mol. The zero-order valence-electron chi connectivity index (χ0n) is 16.0. The molecule has 142 valence electrons. The van der Waals surface area contributed by atoms with Gasteiger partial charge in [-0.15, -0.1) is 0 Å². The third-order valence-electron chi connectivity index (χ3n) is 4.75. The maximum Gasteiger partial charge on any atom is 0.252 e. The largest absolute Gasteiger partial charge is 0.342 e. The van der Waals surface area contributed by atoms with Gasteiger partial charge in [-0.1, -0.05) is 6.07 Å². The molecule has 0 N–H and O–H groups in total. The molecule has 27 heavy (non-hydrogen) atoms. The average Bonchev–Trinajstić information content (AvgIpc) is 2.97. The number of rotatable bonds is 5. The normalized spacial score (nSPS) is 11.1. The van der Waals surface area contributed by atoms with Crippen molar-refractivity contribution in [2.75, 3.05) is 13.1 Å². The lowest BCUT2D eigenvalue weighted by Gasteiger charge is -2.20. The van der Waals surface area contributed by atoms with Crippen LogP contribution < -0.4 is 5.56 Å². The van der Waals surface area contributed by atoms with Crippen molar-refractivity contribution in [2.45, 2.75) is 34.2 Å². The second-order valence-corrected chi connectivity index (χ2v) is 6.49. The van der Waals surface area contributed by atoms with Gasteiger partial charge in [0, 0.05) is 24.5 Å². The second kappa shape index (κ2) is 7.34. The molecular formula is C20H23FN4O2. The molecule has 0 bridgehead atoms. The summed E-state index contributed by atoms with van der Waals surface area (Å²) in [5.74, 6) is -0.536. The number of amides is 1. The maximum atomic E-state index is 13.8. The number of pyridine rings is 1. The molecule has 2 aromatic heterocycles. The molecule has 1 amide bonds. The highest BCUT2D eigenvalue weighted by Crippen LogP contribution is 2.24. The van der Waals surface area contributed by atoms with Crippen LogP contribution in [0.2, 0.25) is 0 Å². The molecule has 1 aromatic carbocycles. The van der Waals surface area contributed by atoms with Crippen molar-refractivity contribution in [1.29, 1.82) is 0 Å². The van der Waals surface area contributed by atoms with Crippen LogP contribution in [0.15, 0.2) is 35.1 Å². The molecule has 6 nitrogen and oxygen atoms in total. The lowest BCUT2D eigenvalue weighted by Crippen LogP contribution is -2.36. The number of carbonyl (C=O) groups excluding carboxylic acids is 1. The fraction of sp³-hybridized carbons (Fsp3) is 0.350. The minimum absolute atomic E-state index is 0.0856. The van der Waals surface area contributed by atoms with E-state index in [1.165, 1.54) is 27.4 Å². The molecule has 0 fully saturated rings. The molecule has 0 spiro atoms. The summed E-state index contributed by atoms with van der Waals surface area (Å²) in [5.41, 5.74) is 2.22. The van der Waals surface area contributed by atoms with Crippen molar-refractivity contribution >= 4 is 16.9 Å². The molecule has 0 aliphatic carbocycles. The van der Waals surface area contributed by atoms with Crippen LogP contribution in [0.3, 0.4) is 0 Å². The summed E-state index contributed by atoms with van der Waals surface area (Å²) in [6.07, 6.45) is 0. The molecule has 0 unspecified atom stereocenters. The fourth-order valence-electron chi connectivity index (χ4n) is 3.42. The first-order valence-corrected chi connectivity index (χ1v) is 9.00. The molecule has 0 saturated carbocycles. The van der Waals surface area contributed by atoms with Gasteiger partial charge in [0.15, 0.2) is 0 Å². The Bertz CT molecular complexity index is 1060. The van der Waals surface area contributed by atoms with Gasteiger partial charge in [0.25, 0.3) is 5.56 Å². The van der Waals surface area contributed by atoms with E-state index in [0.717, 1.165) is 16.6 Å². The van der Waals surface area contributed by atoms with Gasteiger partial charge in [-0.2, -0.15) is 5.10 Å². The number of hydrogen-bond acceptors (Lipinski definition) is 3. The van der Waals surface area contributed by atoms with Crippen LogP contribution in [0.1, 0.15) is 25.1 Å². The van der Waals surface area contributed by atoms with Gasteiger partial charge in [0.05, 0.1) is 11.4 Å². The Hall–Kier alpha value is -2.96. The Morgan fingerprint density at radius 2 is 1.89 bits per heavy atom. The quantitative estimate of drug-likeness (QED) is 0.694. The van der Waals surface area contributed by atoms with E-state index in [-0.39, 0.29) is 18.0 Å². The smallest absolute Gasteiger partial charge is 0.252 e. The monoisotopic (exact) mass is 370 g/mol. The number of fused-ring (bicyclic) bond motifs is 1. The van der Waals surface area contributed by atoms with Crippen LogP contribution in [0.5, 0.6) is 0 Å². The topological polar surface area (TPSA) is 60.1 Å². The summed E-state index contributed by atoms with van der Waals surface area (Å²) in [7, 11) is 0. The number of likely N-dealkylation sites (N-methyl/N-ethyl adjacent to an activating group) is 1. The molecule has 7 heteroatoms. The molecule has 0 aliphatic heterocycles. The standard InChI is InChI=1S/C20H23FN4O2/c1-5-23(6-2)18(27)12-24-17(26)10-13(3)19-14(4)22-25(20(19)24)16-9-7-8-15(21)11-16/h7-11H,5-6,12H2,1-4H3. The van der Waals surface area contributed by atoms with Crippen molar-refractivity contribution in [3.05, 3.63) is 57.8 Å². The van der Waals surface area contributed by atoms with Gasteiger partial charge in [-0.3, -0.25) is 14.2 Å². The summed E-state index contributed by atoms with van der Waals surface area (Å²) in [5, 5.41) is 5.32. The third-order valence-corrected chi connectivity index (χ3v) is 4.75. The number of hydrogen-bond donors (Lipinski definition) is 0. The predicted octanol–water partition coefficient (Wildman–Crippen LogP) is 2.81. The molecule has 2 heterocycles. The minimum Gasteiger partial charge on any atom is -0.342 e. The summed E-state index contributed by atoms with van der Waals surface area (Å²) < 4.78 is 16.7. The number of benzene rings is 1. The van der Waals surface area contributed by atoms with Crippen LogP contribution in [0.25, 0.3) is 16.7 Å². The zero-order valence-corrected chi connectivity index (χ0v) is 16.0. The highest BCUT2D eigenvalue weighted by Gasteiger charge is 2.20. The molecule has 0 atom stereocenters. The lowest BCUT2D eigenvalue weighted by molar-refractivity contribution is -0.131. The number of aryl methyl sites for hydroxylation is 2. The fourth-order valence-corrected chi connectivity index (χ4v) is 3.42. The van der Waals surface area contributed by atoms with Crippen molar-refractivity contribution in [3.8, 4) is 5.69 Å². The molecular weight excluding hydrogens is 347 g/mol. The van der Waals surface area contributed by atoms with E-state index >= 15 is 0 Å². The molecule has 0 radical (unpaired) electrons. The Balaban J connectivity index is 2.27. The van der Waals surface area contributed by atoms with E-state index in [4.69, 9.17) is 0 Å². The van der Waals surface area contributed by atoms with Gasteiger partial charge in [0.1, 0.15) is 18.0 Å². The first kappa shape index (κ1) is 18.8. The zero-order chi connectivity index (χ0) is 19.7. The average molecular weight is 370 g/mol. The number of nitrogens with zero attached hydrogens (tertiary/aromatic N) is 4.